The van der Waals surface area contributed by atoms with E-state index in [-0.39, 0.29) is 21.9 Å². The van der Waals surface area contributed by atoms with Crippen LogP contribution in [0.25, 0.3) is 27.8 Å². The summed E-state index contributed by atoms with van der Waals surface area (Å²) in [6.45, 7) is 0. The molecule has 0 aliphatic carbocycles. The van der Waals surface area contributed by atoms with Gasteiger partial charge in [0.05, 0.1) is 21.5 Å². The summed E-state index contributed by atoms with van der Waals surface area (Å²) in [6.07, 6.45) is 0. The van der Waals surface area contributed by atoms with Crippen molar-refractivity contribution in [3.05, 3.63) is 63.7 Å². The molecule has 7 heteroatoms. The molecule has 2 aromatic carbocycles. The van der Waals surface area contributed by atoms with E-state index in [1.54, 1.807) is 30.3 Å². The summed E-state index contributed by atoms with van der Waals surface area (Å²) < 4.78 is 15.6. The van der Waals surface area contributed by atoms with Crippen LogP contribution in [0, 0.1) is 5.82 Å². The van der Waals surface area contributed by atoms with Crippen LogP contribution in [0.4, 0.5) is 4.39 Å². The Hall–Kier alpha value is -2.73. The molecule has 0 aliphatic rings. The van der Waals surface area contributed by atoms with Gasteiger partial charge in [-0.05, 0) is 24.3 Å². The molecule has 0 saturated heterocycles. The fraction of sp³-hybridized carbons (Fsp3) is 0. The topological polar surface area (TPSA) is 63.0 Å². The molecule has 5 nitrogen and oxygen atoms in total. The molecule has 22 heavy (non-hydrogen) atoms. The Morgan fingerprint density at radius 2 is 1.95 bits per heavy atom. The van der Waals surface area contributed by atoms with Crippen molar-refractivity contribution in [3.63, 3.8) is 0 Å². The normalized spacial score (nSPS) is 11.4. The van der Waals surface area contributed by atoms with Gasteiger partial charge in [0, 0.05) is 0 Å². The molecule has 0 aliphatic heterocycles. The molecule has 0 radical (unpaired) electrons. The number of hydrogen-bond acceptors (Lipinski definition) is 3. The molecule has 2 aromatic heterocycles. The summed E-state index contributed by atoms with van der Waals surface area (Å²) in [7, 11) is 0. The first kappa shape index (κ1) is 13.0. The zero-order valence-corrected chi connectivity index (χ0v) is 11.8. The van der Waals surface area contributed by atoms with Gasteiger partial charge in [0.2, 0.25) is 0 Å². The first-order valence-corrected chi connectivity index (χ1v) is 6.85. The van der Waals surface area contributed by atoms with Gasteiger partial charge in [0.15, 0.2) is 5.65 Å². The molecule has 0 spiro atoms. The number of halogens is 2. The summed E-state index contributed by atoms with van der Waals surface area (Å²) in [6, 6.07) is 11.3. The lowest BCUT2D eigenvalue weighted by Crippen LogP contribution is -2.10. The van der Waals surface area contributed by atoms with Gasteiger partial charge in [-0.2, -0.15) is 10.1 Å². The highest BCUT2D eigenvalue weighted by atomic mass is 35.5. The Bertz CT molecular complexity index is 1070. The van der Waals surface area contributed by atoms with Gasteiger partial charge in [-0.25, -0.2) is 14.1 Å². The second kappa shape index (κ2) is 4.64. The summed E-state index contributed by atoms with van der Waals surface area (Å²) in [5.41, 5.74) is 0.765. The minimum absolute atomic E-state index is 0.116. The lowest BCUT2D eigenvalue weighted by atomic mass is 10.1. The van der Waals surface area contributed by atoms with Gasteiger partial charge in [0.25, 0.3) is 5.56 Å². The number of aromatic nitrogens is 4. The maximum absolute atomic E-state index is 14.1. The molecule has 4 aromatic rings. The van der Waals surface area contributed by atoms with Crippen LogP contribution in [0.3, 0.4) is 0 Å². The van der Waals surface area contributed by atoms with Crippen LogP contribution in [-0.2, 0) is 0 Å². The minimum atomic E-state index is -0.524. The lowest BCUT2D eigenvalue weighted by molar-refractivity contribution is 0.631. The van der Waals surface area contributed by atoms with Crippen molar-refractivity contribution in [2.45, 2.75) is 0 Å². The quantitative estimate of drug-likeness (QED) is 0.587. The van der Waals surface area contributed by atoms with Crippen LogP contribution in [-0.4, -0.2) is 19.8 Å². The number of benzene rings is 2. The van der Waals surface area contributed by atoms with Crippen molar-refractivity contribution in [1.82, 2.24) is 19.8 Å². The van der Waals surface area contributed by atoms with Crippen molar-refractivity contribution in [2.24, 2.45) is 0 Å². The number of para-hydroxylation sites is 1. The molecule has 2 heterocycles. The molecule has 108 valence electrons. The summed E-state index contributed by atoms with van der Waals surface area (Å²) in [5.74, 6) is -0.524. The van der Waals surface area contributed by atoms with Crippen LogP contribution in [0.2, 0.25) is 5.02 Å². The molecule has 0 amide bonds. The zero-order valence-electron chi connectivity index (χ0n) is 11.0. The Morgan fingerprint density at radius 3 is 2.77 bits per heavy atom. The first-order valence-electron chi connectivity index (χ1n) is 6.47. The van der Waals surface area contributed by atoms with Gasteiger partial charge in [-0.3, -0.25) is 4.79 Å². The van der Waals surface area contributed by atoms with E-state index in [2.05, 4.69) is 15.3 Å². The largest absolute Gasteiger partial charge is 0.281 e. The van der Waals surface area contributed by atoms with Crippen molar-refractivity contribution < 1.29 is 4.39 Å². The van der Waals surface area contributed by atoms with Crippen LogP contribution in [0.1, 0.15) is 0 Å². The van der Waals surface area contributed by atoms with Crippen molar-refractivity contribution in [1.29, 1.82) is 0 Å². The SMILES string of the molecule is O=c1nc2c(-c3c(F)cccc3Cl)n[nH]n2c2ccccc12. The lowest BCUT2D eigenvalue weighted by Gasteiger charge is -2.03. The van der Waals surface area contributed by atoms with Crippen molar-refractivity contribution in [3.8, 4) is 11.3 Å². The van der Waals surface area contributed by atoms with Gasteiger partial charge < -0.3 is 0 Å². The molecule has 0 atom stereocenters. The average molecular weight is 315 g/mol. The predicted octanol–water partition coefficient (Wildman–Crippen LogP) is 3.03. The number of aromatic amines is 1. The fourth-order valence-electron chi connectivity index (χ4n) is 2.47. The predicted molar refractivity (Wildman–Crippen MR) is 81.5 cm³/mol. The van der Waals surface area contributed by atoms with E-state index in [9.17, 15) is 9.18 Å². The molecular formula is C15H8ClFN4O. The molecule has 4 rings (SSSR count). The number of hydrogen-bond donors (Lipinski definition) is 1. The van der Waals surface area contributed by atoms with Crippen molar-refractivity contribution in [2.75, 3.05) is 0 Å². The van der Waals surface area contributed by atoms with Gasteiger partial charge in [-0.1, -0.05) is 29.8 Å². The Kier molecular flexibility index (Phi) is 2.74. The van der Waals surface area contributed by atoms with Gasteiger partial charge in [-0.15, -0.1) is 0 Å². The highest BCUT2D eigenvalue weighted by Gasteiger charge is 2.18. The average Bonchev–Trinajstić information content (AvgIpc) is 2.91. The Morgan fingerprint density at radius 1 is 1.14 bits per heavy atom. The summed E-state index contributed by atoms with van der Waals surface area (Å²) in [4.78, 5) is 16.2. The Labute approximate surface area is 128 Å². The van der Waals surface area contributed by atoms with E-state index in [1.807, 2.05) is 0 Å². The minimum Gasteiger partial charge on any atom is -0.267 e. The van der Waals surface area contributed by atoms with Crippen LogP contribution < -0.4 is 5.56 Å². The monoisotopic (exact) mass is 314 g/mol. The maximum atomic E-state index is 14.1. The number of nitrogens with zero attached hydrogens (tertiary/aromatic N) is 3. The van der Waals surface area contributed by atoms with Crippen LogP contribution >= 0.6 is 11.6 Å². The third-order valence-electron chi connectivity index (χ3n) is 3.47. The van der Waals surface area contributed by atoms with Gasteiger partial charge >= 0.3 is 0 Å². The molecule has 0 saturated carbocycles. The zero-order chi connectivity index (χ0) is 15.3. The highest BCUT2D eigenvalue weighted by molar-refractivity contribution is 6.33. The van der Waals surface area contributed by atoms with Crippen molar-refractivity contribution >= 4 is 28.2 Å². The number of fused-ring (bicyclic) bond motifs is 3. The molecular weight excluding hydrogens is 307 g/mol. The number of H-pyrrole nitrogens is 1. The van der Waals surface area contributed by atoms with E-state index < -0.39 is 11.4 Å². The third-order valence-corrected chi connectivity index (χ3v) is 3.78. The van der Waals surface area contributed by atoms with E-state index in [0.29, 0.717) is 10.9 Å². The van der Waals surface area contributed by atoms with Gasteiger partial charge in [0.1, 0.15) is 11.5 Å². The summed E-state index contributed by atoms with van der Waals surface area (Å²) in [5, 5.41) is 7.50. The second-order valence-corrected chi connectivity index (χ2v) is 5.16. The molecule has 1 N–H and O–H groups in total. The van der Waals surface area contributed by atoms with E-state index in [1.165, 1.54) is 16.6 Å². The van der Waals surface area contributed by atoms with Crippen LogP contribution in [0.15, 0.2) is 47.3 Å². The number of rotatable bonds is 1. The molecule has 0 fully saturated rings. The molecule has 0 unspecified atom stereocenters. The summed E-state index contributed by atoms with van der Waals surface area (Å²) >= 11 is 6.07. The fourth-order valence-corrected chi connectivity index (χ4v) is 2.72. The maximum Gasteiger partial charge on any atom is 0.281 e. The van der Waals surface area contributed by atoms with Crippen LogP contribution in [0.5, 0.6) is 0 Å². The smallest absolute Gasteiger partial charge is 0.267 e. The van der Waals surface area contributed by atoms with E-state index >= 15 is 0 Å². The first-order chi connectivity index (χ1) is 10.7. The highest BCUT2D eigenvalue weighted by Crippen LogP contribution is 2.31. The second-order valence-electron chi connectivity index (χ2n) is 4.75. The Balaban J connectivity index is 2.16. The third kappa shape index (κ3) is 1.74. The van der Waals surface area contributed by atoms with E-state index in [0.717, 1.165) is 0 Å². The number of nitrogens with one attached hydrogen (secondary N) is 1. The standard InChI is InChI=1S/C15H8ClFN4O/c16-9-5-3-6-10(17)12(9)13-14-18-15(22)8-4-1-2-7-11(8)21(14)20-19-13/h1-7,20H. The van der Waals surface area contributed by atoms with E-state index in [4.69, 9.17) is 11.6 Å². The molecule has 0 bridgehead atoms.